The predicted molar refractivity (Wildman–Crippen MR) is 92.9 cm³/mol. The van der Waals surface area contributed by atoms with Crippen molar-refractivity contribution in [3.05, 3.63) is 34.1 Å². The third-order valence-corrected chi connectivity index (χ3v) is 4.89. The van der Waals surface area contributed by atoms with Crippen molar-refractivity contribution >= 4 is 28.3 Å². The van der Waals surface area contributed by atoms with E-state index in [4.69, 9.17) is 4.74 Å². The SMILES string of the molecule is COC(=O)c1sc(NC(=O)c2cc[nH]c2C2CC2)nc1C(C)(C)C. The Balaban J connectivity index is 1.87. The number of aromatic nitrogens is 2. The van der Waals surface area contributed by atoms with Crippen LogP contribution in [0.2, 0.25) is 0 Å². The summed E-state index contributed by atoms with van der Waals surface area (Å²) in [7, 11) is 1.34. The maximum Gasteiger partial charge on any atom is 0.350 e. The van der Waals surface area contributed by atoms with Gasteiger partial charge in [0.25, 0.3) is 5.91 Å². The number of H-pyrrole nitrogens is 1. The van der Waals surface area contributed by atoms with E-state index in [2.05, 4.69) is 15.3 Å². The minimum Gasteiger partial charge on any atom is -0.465 e. The van der Waals surface area contributed by atoms with Gasteiger partial charge in [-0.1, -0.05) is 32.1 Å². The average molecular weight is 347 g/mol. The van der Waals surface area contributed by atoms with Crippen molar-refractivity contribution in [2.75, 3.05) is 12.4 Å². The van der Waals surface area contributed by atoms with E-state index in [0.717, 1.165) is 29.9 Å². The Labute approximate surface area is 144 Å². The van der Waals surface area contributed by atoms with Gasteiger partial charge in [-0.05, 0) is 24.8 Å². The van der Waals surface area contributed by atoms with Gasteiger partial charge in [-0.2, -0.15) is 0 Å². The van der Waals surface area contributed by atoms with Crippen molar-refractivity contribution in [3.8, 4) is 0 Å². The first kappa shape index (κ1) is 16.7. The number of carbonyl (C=O) groups is 2. The number of thiazole rings is 1. The molecule has 24 heavy (non-hydrogen) atoms. The van der Waals surface area contributed by atoms with Gasteiger partial charge in [-0.3, -0.25) is 10.1 Å². The third-order valence-electron chi connectivity index (χ3n) is 3.94. The zero-order valence-electron chi connectivity index (χ0n) is 14.2. The Morgan fingerprint density at radius 2 is 2.08 bits per heavy atom. The zero-order valence-corrected chi connectivity index (χ0v) is 15.0. The molecule has 6 nitrogen and oxygen atoms in total. The Hall–Kier alpha value is -2.15. The van der Waals surface area contributed by atoms with Crippen LogP contribution in [0.4, 0.5) is 5.13 Å². The molecule has 3 rings (SSSR count). The average Bonchev–Trinajstić information content (AvgIpc) is 3.08. The third kappa shape index (κ3) is 3.21. The largest absolute Gasteiger partial charge is 0.465 e. The maximum atomic E-state index is 12.6. The van der Waals surface area contributed by atoms with E-state index in [1.54, 1.807) is 12.3 Å². The molecule has 2 heterocycles. The lowest BCUT2D eigenvalue weighted by Gasteiger charge is -2.16. The van der Waals surface area contributed by atoms with Crippen molar-refractivity contribution in [2.45, 2.75) is 44.9 Å². The fraction of sp³-hybridized carbons (Fsp3) is 0.471. The highest BCUT2D eigenvalue weighted by molar-refractivity contribution is 7.17. The van der Waals surface area contributed by atoms with Crippen LogP contribution in [0, 0.1) is 0 Å². The van der Waals surface area contributed by atoms with Crippen LogP contribution in [0.15, 0.2) is 12.3 Å². The highest BCUT2D eigenvalue weighted by Crippen LogP contribution is 2.41. The summed E-state index contributed by atoms with van der Waals surface area (Å²) in [6.07, 6.45) is 4.00. The van der Waals surface area contributed by atoms with Crippen LogP contribution in [-0.4, -0.2) is 29.0 Å². The molecule has 0 saturated heterocycles. The number of hydrogen-bond donors (Lipinski definition) is 2. The van der Waals surface area contributed by atoms with Crippen LogP contribution in [0.25, 0.3) is 0 Å². The molecular weight excluding hydrogens is 326 g/mol. The van der Waals surface area contributed by atoms with E-state index >= 15 is 0 Å². The Bertz CT molecular complexity index is 781. The molecular formula is C17H21N3O3S. The first-order valence-electron chi connectivity index (χ1n) is 7.89. The van der Waals surface area contributed by atoms with Crippen LogP contribution in [-0.2, 0) is 10.2 Å². The molecule has 1 aliphatic rings. The number of carbonyl (C=O) groups excluding carboxylic acids is 2. The number of rotatable bonds is 4. The van der Waals surface area contributed by atoms with Crippen LogP contribution in [0.3, 0.4) is 0 Å². The number of amides is 1. The summed E-state index contributed by atoms with van der Waals surface area (Å²) in [6.45, 7) is 5.91. The number of hydrogen-bond acceptors (Lipinski definition) is 5. The molecule has 0 bridgehead atoms. The van der Waals surface area contributed by atoms with E-state index in [0.29, 0.717) is 27.2 Å². The quantitative estimate of drug-likeness (QED) is 0.826. The molecule has 0 aromatic carbocycles. The van der Waals surface area contributed by atoms with Crippen molar-refractivity contribution in [2.24, 2.45) is 0 Å². The lowest BCUT2D eigenvalue weighted by atomic mass is 9.91. The van der Waals surface area contributed by atoms with Crippen LogP contribution in [0.5, 0.6) is 0 Å². The fourth-order valence-electron chi connectivity index (χ4n) is 2.57. The van der Waals surface area contributed by atoms with Crippen molar-refractivity contribution < 1.29 is 14.3 Å². The normalized spacial score (nSPS) is 14.5. The van der Waals surface area contributed by atoms with Crippen molar-refractivity contribution in [1.82, 2.24) is 9.97 Å². The lowest BCUT2D eigenvalue weighted by molar-refractivity contribution is 0.0603. The van der Waals surface area contributed by atoms with Gasteiger partial charge in [0.1, 0.15) is 4.88 Å². The molecule has 2 N–H and O–H groups in total. The smallest absolute Gasteiger partial charge is 0.350 e. The first-order valence-corrected chi connectivity index (χ1v) is 8.71. The van der Waals surface area contributed by atoms with E-state index in [1.165, 1.54) is 7.11 Å². The highest BCUT2D eigenvalue weighted by atomic mass is 32.1. The highest BCUT2D eigenvalue weighted by Gasteiger charge is 2.31. The number of methoxy groups -OCH3 is 1. The second-order valence-electron chi connectivity index (χ2n) is 6.97. The molecule has 0 atom stereocenters. The standard InChI is InChI=1S/C17H21N3O3S/c1-17(2,3)13-12(15(22)23-4)24-16(19-13)20-14(21)10-7-8-18-11(10)9-5-6-9/h7-9,18H,5-6H2,1-4H3,(H,19,20,21). The van der Waals surface area contributed by atoms with Crippen LogP contribution in [0.1, 0.15) is 70.9 Å². The summed E-state index contributed by atoms with van der Waals surface area (Å²) < 4.78 is 4.84. The minimum absolute atomic E-state index is 0.205. The molecule has 1 fully saturated rings. The molecule has 1 amide bonds. The summed E-state index contributed by atoms with van der Waals surface area (Å²) in [5, 5.41) is 3.23. The molecule has 128 valence electrons. The van der Waals surface area contributed by atoms with Gasteiger partial charge in [0.05, 0.1) is 18.4 Å². The summed E-state index contributed by atoms with van der Waals surface area (Å²) in [5.74, 6) is -0.185. The van der Waals surface area contributed by atoms with Crippen molar-refractivity contribution in [3.63, 3.8) is 0 Å². The second kappa shape index (κ2) is 6.05. The van der Waals surface area contributed by atoms with Gasteiger partial charge in [0.2, 0.25) is 0 Å². The number of anilines is 1. The van der Waals surface area contributed by atoms with E-state index in [1.807, 2.05) is 20.8 Å². The fourth-order valence-corrected chi connectivity index (χ4v) is 3.66. The number of aromatic amines is 1. The Kier molecular flexibility index (Phi) is 4.21. The predicted octanol–water partition coefficient (Wildman–Crippen LogP) is 3.69. The maximum absolute atomic E-state index is 12.6. The molecule has 0 radical (unpaired) electrons. The molecule has 0 unspecified atom stereocenters. The van der Waals surface area contributed by atoms with Crippen LogP contribution >= 0.6 is 11.3 Å². The minimum atomic E-state index is -0.432. The summed E-state index contributed by atoms with van der Waals surface area (Å²) >= 11 is 1.15. The number of ether oxygens (including phenoxy) is 1. The van der Waals surface area contributed by atoms with E-state index in [9.17, 15) is 9.59 Å². The Morgan fingerprint density at radius 3 is 2.67 bits per heavy atom. The monoisotopic (exact) mass is 347 g/mol. The summed E-state index contributed by atoms with van der Waals surface area (Å²) in [6, 6.07) is 1.78. The number of nitrogens with one attached hydrogen (secondary N) is 2. The van der Waals surface area contributed by atoms with Gasteiger partial charge < -0.3 is 9.72 Å². The molecule has 2 aromatic rings. The molecule has 1 aliphatic carbocycles. The van der Waals surface area contributed by atoms with E-state index in [-0.39, 0.29) is 11.3 Å². The molecule has 1 saturated carbocycles. The van der Waals surface area contributed by atoms with Gasteiger partial charge >= 0.3 is 5.97 Å². The van der Waals surface area contributed by atoms with Gasteiger partial charge in [-0.25, -0.2) is 9.78 Å². The Morgan fingerprint density at radius 1 is 1.38 bits per heavy atom. The second-order valence-corrected chi connectivity index (χ2v) is 7.97. The number of esters is 1. The molecule has 0 aliphatic heterocycles. The topological polar surface area (TPSA) is 84.1 Å². The van der Waals surface area contributed by atoms with Crippen molar-refractivity contribution in [1.29, 1.82) is 0 Å². The van der Waals surface area contributed by atoms with Gasteiger partial charge in [0, 0.05) is 17.3 Å². The molecule has 2 aromatic heterocycles. The van der Waals surface area contributed by atoms with Crippen LogP contribution < -0.4 is 5.32 Å². The summed E-state index contributed by atoms with van der Waals surface area (Å²) in [5.41, 5.74) is 1.93. The first-order chi connectivity index (χ1) is 11.3. The lowest BCUT2D eigenvalue weighted by Crippen LogP contribution is -2.17. The van der Waals surface area contributed by atoms with E-state index < -0.39 is 5.97 Å². The number of nitrogens with zero attached hydrogens (tertiary/aromatic N) is 1. The van der Waals surface area contributed by atoms with Gasteiger partial charge in [-0.15, -0.1) is 0 Å². The molecule has 0 spiro atoms. The zero-order chi connectivity index (χ0) is 17.5. The summed E-state index contributed by atoms with van der Waals surface area (Å²) in [4.78, 5) is 32.6. The van der Waals surface area contributed by atoms with Gasteiger partial charge in [0.15, 0.2) is 5.13 Å². The molecule has 7 heteroatoms.